The molecule has 3 heterocycles. The van der Waals surface area contributed by atoms with Gasteiger partial charge in [-0.05, 0) is 56.4 Å². The summed E-state index contributed by atoms with van der Waals surface area (Å²) in [6.45, 7) is 4.81. The fraction of sp³-hybridized carbons (Fsp3) is 0.550. The number of ether oxygens (including phenoxy) is 1. The summed E-state index contributed by atoms with van der Waals surface area (Å²) in [6, 6.07) is -2.04. The van der Waals surface area contributed by atoms with E-state index >= 15 is 0 Å². The van der Waals surface area contributed by atoms with Gasteiger partial charge in [-0.25, -0.2) is 4.79 Å². The average Bonchev–Trinajstić information content (AvgIpc) is 3.23. The molecule has 0 radical (unpaired) electrons. The van der Waals surface area contributed by atoms with Crippen LogP contribution in [0.15, 0.2) is 35.3 Å². The number of allylic oxidation sites excluding steroid dienone is 3. The summed E-state index contributed by atoms with van der Waals surface area (Å²) in [6.07, 6.45) is 5.38. The van der Waals surface area contributed by atoms with Gasteiger partial charge in [0.05, 0.1) is 19.1 Å². The smallest absolute Gasteiger partial charge is 0.327 e. The first kappa shape index (κ1) is 22.9. The first-order valence-electron chi connectivity index (χ1n) is 10.2. The molecule has 0 aromatic rings. The molecule has 4 atom stereocenters. The Morgan fingerprint density at radius 3 is 2.78 bits per heavy atom. The van der Waals surface area contributed by atoms with Crippen LogP contribution in [0.2, 0.25) is 0 Å². The van der Waals surface area contributed by atoms with Gasteiger partial charge in [0.1, 0.15) is 17.5 Å². The van der Waals surface area contributed by atoms with Crippen molar-refractivity contribution >= 4 is 39.7 Å². The van der Waals surface area contributed by atoms with Crippen molar-refractivity contribution in [3.8, 4) is 0 Å². The van der Waals surface area contributed by atoms with Gasteiger partial charge in [0.2, 0.25) is 11.8 Å². The van der Waals surface area contributed by atoms with Gasteiger partial charge in [-0.15, -0.1) is 11.8 Å². The van der Waals surface area contributed by atoms with E-state index in [-0.39, 0.29) is 6.61 Å². The summed E-state index contributed by atoms with van der Waals surface area (Å²) in [5.41, 5.74) is 1.78. The number of carbonyl (C=O) groups is 3. The van der Waals surface area contributed by atoms with Gasteiger partial charge < -0.3 is 20.1 Å². The SMILES string of the molecule is CCOS(=O)(=O)C(C(=O)NC1C(=O)N2C1SC(C)(C)C2C(=O)O)C1=C2C=COC=C2CC1. The van der Waals surface area contributed by atoms with Gasteiger partial charge in [-0.1, -0.05) is 0 Å². The number of carboxylic acids is 1. The molecule has 4 rings (SSSR count). The van der Waals surface area contributed by atoms with Crippen LogP contribution in [0.3, 0.4) is 0 Å². The minimum absolute atomic E-state index is 0.139. The van der Waals surface area contributed by atoms with Gasteiger partial charge >= 0.3 is 5.97 Å². The highest BCUT2D eigenvalue weighted by Crippen LogP contribution is 2.51. The number of hydrogen-bond donors (Lipinski definition) is 2. The highest BCUT2D eigenvalue weighted by molar-refractivity contribution is 8.01. The molecule has 2 fully saturated rings. The third-order valence-electron chi connectivity index (χ3n) is 5.98. The van der Waals surface area contributed by atoms with Gasteiger partial charge in [-0.3, -0.25) is 13.8 Å². The minimum Gasteiger partial charge on any atom is -0.480 e. The molecule has 1 aliphatic carbocycles. The van der Waals surface area contributed by atoms with E-state index < -0.39 is 55.4 Å². The lowest BCUT2D eigenvalue weighted by Gasteiger charge is -2.43. The van der Waals surface area contributed by atoms with E-state index in [0.717, 1.165) is 5.57 Å². The number of carboxylic acid groups (broad SMARTS) is 1. The Morgan fingerprint density at radius 1 is 1.41 bits per heavy atom. The molecular weight excluding hydrogens is 460 g/mol. The normalized spacial score (nSPS) is 29.0. The number of nitrogens with one attached hydrogen (secondary N) is 1. The molecule has 32 heavy (non-hydrogen) atoms. The second-order valence-corrected chi connectivity index (χ2v) is 11.8. The third-order valence-corrected chi connectivity index (χ3v) is 9.19. The number of amides is 2. The molecule has 0 saturated carbocycles. The second-order valence-electron chi connectivity index (χ2n) is 8.38. The fourth-order valence-corrected chi connectivity index (χ4v) is 7.67. The van der Waals surface area contributed by atoms with Crippen molar-refractivity contribution in [2.75, 3.05) is 6.61 Å². The van der Waals surface area contributed by atoms with Crippen molar-refractivity contribution in [3.63, 3.8) is 0 Å². The topological polar surface area (TPSA) is 139 Å². The highest BCUT2D eigenvalue weighted by Gasteiger charge is 2.64. The predicted octanol–water partition coefficient (Wildman–Crippen LogP) is 0.871. The molecule has 2 amide bonds. The lowest BCUT2D eigenvalue weighted by atomic mass is 9.96. The maximum Gasteiger partial charge on any atom is 0.327 e. The Morgan fingerprint density at radius 2 is 2.12 bits per heavy atom. The summed E-state index contributed by atoms with van der Waals surface area (Å²) >= 11 is 1.27. The Kier molecular flexibility index (Phi) is 5.66. The average molecular weight is 485 g/mol. The van der Waals surface area contributed by atoms with E-state index in [4.69, 9.17) is 8.92 Å². The molecule has 174 valence electrons. The summed E-state index contributed by atoms with van der Waals surface area (Å²) in [7, 11) is -4.32. The molecule has 4 unspecified atom stereocenters. The van der Waals surface area contributed by atoms with Crippen molar-refractivity contribution in [1.82, 2.24) is 10.2 Å². The van der Waals surface area contributed by atoms with Gasteiger partial charge in [-0.2, -0.15) is 8.42 Å². The molecule has 2 saturated heterocycles. The number of rotatable bonds is 7. The van der Waals surface area contributed by atoms with Crippen LogP contribution in [0, 0.1) is 0 Å². The number of aliphatic carboxylic acids is 1. The van der Waals surface area contributed by atoms with Crippen LogP contribution in [0.4, 0.5) is 0 Å². The summed E-state index contributed by atoms with van der Waals surface area (Å²) in [5.74, 6) is -2.53. The zero-order valence-electron chi connectivity index (χ0n) is 17.7. The van der Waals surface area contributed by atoms with Gasteiger partial charge in [0, 0.05) is 4.75 Å². The van der Waals surface area contributed by atoms with Crippen molar-refractivity contribution in [3.05, 3.63) is 35.3 Å². The van der Waals surface area contributed by atoms with Crippen LogP contribution in [-0.2, 0) is 33.4 Å². The van der Waals surface area contributed by atoms with Crippen LogP contribution in [-0.4, -0.2) is 70.3 Å². The monoisotopic (exact) mass is 484 g/mol. The van der Waals surface area contributed by atoms with Crippen LogP contribution >= 0.6 is 11.8 Å². The first-order valence-corrected chi connectivity index (χ1v) is 12.5. The molecular formula is C20H24N2O8S2. The van der Waals surface area contributed by atoms with Crippen molar-refractivity contribution in [2.45, 2.75) is 61.1 Å². The van der Waals surface area contributed by atoms with E-state index in [1.165, 1.54) is 36.1 Å². The molecule has 10 nitrogen and oxygen atoms in total. The molecule has 0 spiro atoms. The Balaban J connectivity index is 1.62. The lowest BCUT2D eigenvalue weighted by molar-refractivity contribution is -0.161. The largest absolute Gasteiger partial charge is 0.480 e. The summed E-state index contributed by atoms with van der Waals surface area (Å²) < 4.78 is 35.2. The number of thioether (sulfide) groups is 1. The van der Waals surface area contributed by atoms with Crippen LogP contribution in [0.5, 0.6) is 0 Å². The quantitative estimate of drug-likeness (QED) is 0.398. The maximum absolute atomic E-state index is 13.3. The number of carbonyl (C=O) groups excluding carboxylic acids is 2. The van der Waals surface area contributed by atoms with Crippen LogP contribution < -0.4 is 5.32 Å². The van der Waals surface area contributed by atoms with E-state index in [1.807, 2.05) is 0 Å². The van der Waals surface area contributed by atoms with E-state index in [0.29, 0.717) is 24.0 Å². The second kappa shape index (κ2) is 7.92. The molecule has 12 heteroatoms. The van der Waals surface area contributed by atoms with Crippen molar-refractivity contribution in [2.24, 2.45) is 0 Å². The lowest BCUT2D eigenvalue weighted by Crippen LogP contribution is -2.71. The molecule has 3 aliphatic heterocycles. The highest BCUT2D eigenvalue weighted by atomic mass is 32.2. The van der Waals surface area contributed by atoms with Gasteiger partial charge in [0.25, 0.3) is 10.1 Å². The van der Waals surface area contributed by atoms with Crippen molar-refractivity contribution < 1.29 is 36.8 Å². The maximum atomic E-state index is 13.3. The van der Waals surface area contributed by atoms with Crippen LogP contribution in [0.1, 0.15) is 33.6 Å². The number of hydrogen-bond acceptors (Lipinski definition) is 8. The standard InChI is InChI=1S/C20H24N2O8S2/c1-4-30-32(27,28)14(12-6-5-10-9-29-8-7-11(10)12)16(23)21-13-17(24)22-15(19(25)26)20(2,3)31-18(13)22/h7-9,13-15,18H,4-6H2,1-3H3,(H,21,23)(H,25,26). The number of fused-ring (bicyclic) bond motifs is 2. The zero-order valence-corrected chi connectivity index (χ0v) is 19.4. The van der Waals surface area contributed by atoms with E-state index in [2.05, 4.69) is 5.32 Å². The molecule has 0 aromatic heterocycles. The van der Waals surface area contributed by atoms with E-state index in [9.17, 15) is 27.9 Å². The predicted molar refractivity (Wildman–Crippen MR) is 115 cm³/mol. The Labute approximate surface area is 189 Å². The number of β-lactam (4-membered cyclic amide) rings is 1. The first-order chi connectivity index (χ1) is 15.0. The van der Waals surface area contributed by atoms with Crippen LogP contribution in [0.25, 0.3) is 0 Å². The molecule has 0 aromatic carbocycles. The van der Waals surface area contributed by atoms with Gasteiger partial charge in [0.15, 0.2) is 5.25 Å². The third kappa shape index (κ3) is 3.54. The minimum atomic E-state index is -4.32. The Hall–Kier alpha value is -2.31. The molecule has 4 aliphatic rings. The fourth-order valence-electron chi connectivity index (χ4n) is 4.65. The summed E-state index contributed by atoms with van der Waals surface area (Å²) in [5, 5.41) is 9.90. The zero-order chi connectivity index (χ0) is 23.4. The summed E-state index contributed by atoms with van der Waals surface area (Å²) in [4.78, 5) is 38.9. The molecule has 0 bridgehead atoms. The van der Waals surface area contributed by atoms with E-state index in [1.54, 1.807) is 19.9 Å². The van der Waals surface area contributed by atoms with Crippen molar-refractivity contribution in [1.29, 1.82) is 0 Å². The molecule has 2 N–H and O–H groups in total. The Bertz CT molecular complexity index is 1080. The number of nitrogens with zero attached hydrogens (tertiary/aromatic N) is 1.